The molecule has 0 bridgehead atoms. The van der Waals surface area contributed by atoms with Crippen molar-refractivity contribution in [2.75, 3.05) is 19.6 Å². The molecule has 8 heteroatoms. The molecular weight excluding hydrogens is 256 g/mol. The fraction of sp³-hybridized carbons (Fsp3) is 0.700. The molecule has 0 aromatic carbocycles. The van der Waals surface area contributed by atoms with Crippen molar-refractivity contribution in [3.8, 4) is 0 Å². The summed E-state index contributed by atoms with van der Waals surface area (Å²) in [5.41, 5.74) is -0.999. The van der Waals surface area contributed by atoms with E-state index in [1.54, 1.807) is 0 Å². The minimum Gasteiger partial charge on any atom is -0.387 e. The van der Waals surface area contributed by atoms with Crippen LogP contribution in [-0.2, 0) is 16.4 Å². The van der Waals surface area contributed by atoms with Gasteiger partial charge < -0.3 is 15.4 Å². The van der Waals surface area contributed by atoms with Gasteiger partial charge in [-0.15, -0.1) is 0 Å². The Morgan fingerprint density at radius 3 is 2.94 bits per heavy atom. The SMILES string of the molecule is CCc1ncc(S(=O)(=O)NCC2(O)CCNC2)[nH]1. The lowest BCUT2D eigenvalue weighted by molar-refractivity contribution is 0.0667. The molecule has 1 unspecified atom stereocenters. The standard InChI is InChI=1S/C10H18N4O3S/c1-2-8-12-5-9(14-8)18(16,17)13-7-10(15)3-4-11-6-10/h5,11,13,15H,2-4,6-7H2,1H3,(H,12,14). The third kappa shape index (κ3) is 2.89. The molecule has 4 N–H and O–H groups in total. The monoisotopic (exact) mass is 274 g/mol. The van der Waals surface area contributed by atoms with Crippen molar-refractivity contribution < 1.29 is 13.5 Å². The van der Waals surface area contributed by atoms with Crippen LogP contribution in [-0.4, -0.2) is 48.7 Å². The van der Waals surface area contributed by atoms with Gasteiger partial charge in [0.2, 0.25) is 0 Å². The maximum Gasteiger partial charge on any atom is 0.257 e. The molecular formula is C10H18N4O3S. The number of aryl methyl sites for hydroxylation is 1. The lowest BCUT2D eigenvalue weighted by Gasteiger charge is -2.21. The third-order valence-corrected chi connectivity index (χ3v) is 4.35. The summed E-state index contributed by atoms with van der Waals surface area (Å²) in [7, 11) is -3.63. The number of nitrogens with one attached hydrogen (secondary N) is 3. The van der Waals surface area contributed by atoms with Crippen LogP contribution in [0.2, 0.25) is 0 Å². The number of rotatable bonds is 5. The second-order valence-corrected chi connectivity index (χ2v) is 6.26. The van der Waals surface area contributed by atoms with E-state index in [1.807, 2.05) is 6.92 Å². The molecule has 18 heavy (non-hydrogen) atoms. The Labute approximate surface area is 106 Å². The van der Waals surface area contributed by atoms with Crippen molar-refractivity contribution in [2.24, 2.45) is 0 Å². The highest BCUT2D eigenvalue weighted by atomic mass is 32.2. The Morgan fingerprint density at radius 1 is 1.61 bits per heavy atom. The summed E-state index contributed by atoms with van der Waals surface area (Å²) in [6.45, 7) is 2.99. The number of imidazole rings is 1. The molecule has 0 radical (unpaired) electrons. The van der Waals surface area contributed by atoms with Crippen LogP contribution in [0.25, 0.3) is 0 Å². The predicted octanol–water partition coefficient (Wildman–Crippen LogP) is -1.03. The summed E-state index contributed by atoms with van der Waals surface area (Å²) in [5, 5.41) is 13.1. The van der Waals surface area contributed by atoms with Crippen molar-refractivity contribution in [3.05, 3.63) is 12.0 Å². The summed E-state index contributed by atoms with van der Waals surface area (Å²) in [4.78, 5) is 6.68. The van der Waals surface area contributed by atoms with Gasteiger partial charge in [-0.25, -0.2) is 18.1 Å². The predicted molar refractivity (Wildman–Crippen MR) is 65.6 cm³/mol. The summed E-state index contributed by atoms with van der Waals surface area (Å²) in [6.07, 6.45) is 2.47. The zero-order chi connectivity index (χ0) is 13.2. The molecule has 1 aromatic rings. The number of β-amino-alcohol motifs (C(OH)–C–C–N with tert-alkyl or cyclic N) is 1. The van der Waals surface area contributed by atoms with Crippen LogP contribution in [0.4, 0.5) is 0 Å². The van der Waals surface area contributed by atoms with Gasteiger partial charge in [-0.1, -0.05) is 6.92 Å². The van der Waals surface area contributed by atoms with Crippen LogP contribution < -0.4 is 10.0 Å². The summed E-state index contributed by atoms with van der Waals surface area (Å²) in [6, 6.07) is 0. The molecule has 0 spiro atoms. The maximum absolute atomic E-state index is 11.9. The molecule has 0 aliphatic carbocycles. The lowest BCUT2D eigenvalue weighted by atomic mass is 10.1. The molecule has 1 saturated heterocycles. The van der Waals surface area contributed by atoms with Gasteiger partial charge >= 0.3 is 0 Å². The maximum atomic E-state index is 11.9. The Bertz CT molecular complexity index is 505. The molecule has 1 atom stereocenters. The number of aromatic amines is 1. The van der Waals surface area contributed by atoms with Crippen LogP contribution in [0.15, 0.2) is 11.2 Å². The van der Waals surface area contributed by atoms with Crippen molar-refractivity contribution >= 4 is 10.0 Å². The highest BCUT2D eigenvalue weighted by molar-refractivity contribution is 7.89. The molecule has 7 nitrogen and oxygen atoms in total. The minimum atomic E-state index is -3.63. The third-order valence-electron chi connectivity index (χ3n) is 3.04. The number of sulfonamides is 1. The number of aromatic nitrogens is 2. The van der Waals surface area contributed by atoms with Gasteiger partial charge in [0.15, 0.2) is 5.03 Å². The van der Waals surface area contributed by atoms with Gasteiger partial charge in [0.1, 0.15) is 5.82 Å². The zero-order valence-corrected chi connectivity index (χ0v) is 11.0. The molecule has 1 aliphatic rings. The molecule has 1 fully saturated rings. The lowest BCUT2D eigenvalue weighted by Crippen LogP contribution is -2.44. The van der Waals surface area contributed by atoms with E-state index in [9.17, 15) is 13.5 Å². The Balaban J connectivity index is 2.03. The smallest absolute Gasteiger partial charge is 0.257 e. The largest absolute Gasteiger partial charge is 0.387 e. The first kappa shape index (κ1) is 13.5. The average molecular weight is 274 g/mol. The van der Waals surface area contributed by atoms with Crippen LogP contribution in [0.1, 0.15) is 19.2 Å². The van der Waals surface area contributed by atoms with Crippen LogP contribution in [0.5, 0.6) is 0 Å². The molecule has 0 amide bonds. The van der Waals surface area contributed by atoms with Gasteiger partial charge in [0.25, 0.3) is 10.0 Å². The Morgan fingerprint density at radius 2 is 2.39 bits per heavy atom. The number of hydrogen-bond acceptors (Lipinski definition) is 5. The quantitative estimate of drug-likeness (QED) is 0.549. The van der Waals surface area contributed by atoms with Crippen LogP contribution in [0.3, 0.4) is 0 Å². The van der Waals surface area contributed by atoms with E-state index in [0.29, 0.717) is 31.8 Å². The number of aliphatic hydroxyl groups is 1. The molecule has 2 rings (SSSR count). The minimum absolute atomic E-state index is 0.00279. The fourth-order valence-electron chi connectivity index (χ4n) is 1.85. The first-order valence-corrected chi connectivity index (χ1v) is 7.40. The highest BCUT2D eigenvalue weighted by Gasteiger charge is 2.32. The van der Waals surface area contributed by atoms with Crippen molar-refractivity contribution in [1.29, 1.82) is 0 Å². The second-order valence-electron chi connectivity index (χ2n) is 4.52. The normalized spacial score (nSPS) is 24.6. The van der Waals surface area contributed by atoms with E-state index in [2.05, 4.69) is 20.0 Å². The summed E-state index contributed by atoms with van der Waals surface area (Å²) < 4.78 is 26.3. The Hall–Kier alpha value is -0.960. The number of H-pyrrole nitrogens is 1. The topological polar surface area (TPSA) is 107 Å². The first-order valence-electron chi connectivity index (χ1n) is 5.92. The molecule has 0 saturated carbocycles. The highest BCUT2D eigenvalue weighted by Crippen LogP contribution is 2.14. The van der Waals surface area contributed by atoms with Gasteiger partial charge in [-0.3, -0.25) is 0 Å². The average Bonchev–Trinajstić information content (AvgIpc) is 2.96. The van der Waals surface area contributed by atoms with Gasteiger partial charge in [-0.2, -0.15) is 0 Å². The molecule has 1 aromatic heterocycles. The molecule has 2 heterocycles. The van der Waals surface area contributed by atoms with E-state index in [-0.39, 0.29) is 11.6 Å². The van der Waals surface area contributed by atoms with E-state index >= 15 is 0 Å². The van der Waals surface area contributed by atoms with E-state index in [1.165, 1.54) is 6.20 Å². The van der Waals surface area contributed by atoms with Gasteiger partial charge in [-0.05, 0) is 13.0 Å². The second kappa shape index (κ2) is 4.96. The van der Waals surface area contributed by atoms with E-state index in [4.69, 9.17) is 0 Å². The number of hydrogen-bond donors (Lipinski definition) is 4. The molecule has 102 valence electrons. The van der Waals surface area contributed by atoms with Crippen LogP contribution in [0, 0.1) is 0 Å². The van der Waals surface area contributed by atoms with Crippen molar-refractivity contribution in [3.63, 3.8) is 0 Å². The van der Waals surface area contributed by atoms with E-state index < -0.39 is 15.6 Å². The molecule has 1 aliphatic heterocycles. The number of nitrogens with zero attached hydrogens (tertiary/aromatic N) is 1. The summed E-state index contributed by atoms with van der Waals surface area (Å²) >= 11 is 0. The Kier molecular flexibility index (Phi) is 3.71. The van der Waals surface area contributed by atoms with Crippen molar-refractivity contribution in [2.45, 2.75) is 30.4 Å². The fourth-order valence-corrected chi connectivity index (χ4v) is 2.91. The first-order chi connectivity index (χ1) is 8.45. The van der Waals surface area contributed by atoms with Crippen molar-refractivity contribution in [1.82, 2.24) is 20.0 Å². The zero-order valence-electron chi connectivity index (χ0n) is 10.2. The van der Waals surface area contributed by atoms with Crippen LogP contribution >= 0.6 is 0 Å². The van der Waals surface area contributed by atoms with Gasteiger partial charge in [0.05, 0.1) is 11.8 Å². The summed E-state index contributed by atoms with van der Waals surface area (Å²) in [5.74, 6) is 0.622. The van der Waals surface area contributed by atoms with Gasteiger partial charge in [0, 0.05) is 19.5 Å². The van der Waals surface area contributed by atoms with E-state index in [0.717, 1.165) is 0 Å².